The molecule has 2 aromatic carbocycles. The molecule has 3 aromatic rings. The lowest BCUT2D eigenvalue weighted by Gasteiger charge is -2.22. The van der Waals surface area contributed by atoms with Crippen molar-refractivity contribution in [3.05, 3.63) is 80.6 Å². The van der Waals surface area contributed by atoms with Crippen molar-refractivity contribution in [1.29, 1.82) is 0 Å². The van der Waals surface area contributed by atoms with Gasteiger partial charge in [-0.1, -0.05) is 18.2 Å². The average Bonchev–Trinajstić information content (AvgIpc) is 3.22. The number of thiazole rings is 1. The van der Waals surface area contributed by atoms with Crippen molar-refractivity contribution >= 4 is 17.2 Å². The quantitative estimate of drug-likeness (QED) is 0.380. The second-order valence-corrected chi connectivity index (χ2v) is 8.72. The van der Waals surface area contributed by atoms with Crippen molar-refractivity contribution in [2.75, 3.05) is 20.3 Å². The molecule has 0 N–H and O–H groups in total. The van der Waals surface area contributed by atoms with Gasteiger partial charge < -0.3 is 14.4 Å². The van der Waals surface area contributed by atoms with Crippen LogP contribution in [0, 0.1) is 26.6 Å². The van der Waals surface area contributed by atoms with Crippen molar-refractivity contribution in [1.82, 2.24) is 9.88 Å². The van der Waals surface area contributed by atoms with Crippen molar-refractivity contribution < 1.29 is 18.7 Å². The lowest BCUT2D eigenvalue weighted by atomic mass is 10.1. The molecule has 0 saturated heterocycles. The number of ether oxygens (including phenoxy) is 2. The van der Waals surface area contributed by atoms with E-state index in [0.717, 1.165) is 27.6 Å². The standard InChI is InChI=1S/C25H29FN2O3S/c1-17-12-18(2)19(3)23(13-17)31-15-24-27-20(16-32-24)14-28(10-7-11-30-4)25(29)21-8-5-6-9-22(21)26/h5-6,8-9,12-13,16H,7,10-11,14-15H2,1-4H3. The predicted octanol–water partition coefficient (Wildman–Crippen LogP) is 5.47. The molecule has 0 spiro atoms. The van der Waals surface area contributed by atoms with E-state index in [1.54, 1.807) is 24.1 Å². The van der Waals surface area contributed by atoms with Gasteiger partial charge in [0.25, 0.3) is 5.91 Å². The van der Waals surface area contributed by atoms with E-state index in [1.165, 1.54) is 29.0 Å². The molecule has 1 heterocycles. The van der Waals surface area contributed by atoms with Crippen LogP contribution in [-0.2, 0) is 17.9 Å². The summed E-state index contributed by atoms with van der Waals surface area (Å²) in [5.41, 5.74) is 4.29. The van der Waals surface area contributed by atoms with Crippen molar-refractivity contribution in [2.24, 2.45) is 0 Å². The third-order valence-electron chi connectivity index (χ3n) is 5.24. The van der Waals surface area contributed by atoms with Crippen LogP contribution in [0.2, 0.25) is 0 Å². The number of hydrogen-bond donors (Lipinski definition) is 0. The van der Waals surface area contributed by atoms with E-state index in [-0.39, 0.29) is 11.5 Å². The Labute approximate surface area is 192 Å². The summed E-state index contributed by atoms with van der Waals surface area (Å²) in [7, 11) is 1.62. The first kappa shape index (κ1) is 23.9. The topological polar surface area (TPSA) is 51.7 Å². The summed E-state index contributed by atoms with van der Waals surface area (Å²) in [5.74, 6) is -0.0172. The molecule has 3 rings (SSSR count). The number of methoxy groups -OCH3 is 1. The lowest BCUT2D eigenvalue weighted by Crippen LogP contribution is -2.32. The second kappa shape index (κ2) is 11.2. The molecule has 5 nitrogen and oxygen atoms in total. The Hall–Kier alpha value is -2.77. The highest BCUT2D eigenvalue weighted by Gasteiger charge is 2.20. The summed E-state index contributed by atoms with van der Waals surface area (Å²) in [6.45, 7) is 7.80. The van der Waals surface area contributed by atoms with E-state index in [4.69, 9.17) is 9.47 Å². The van der Waals surface area contributed by atoms with Crippen molar-refractivity contribution in [3.63, 3.8) is 0 Å². The van der Waals surface area contributed by atoms with Gasteiger partial charge in [0.05, 0.1) is 17.8 Å². The normalized spacial score (nSPS) is 10.9. The molecule has 170 valence electrons. The Morgan fingerprint density at radius 2 is 1.97 bits per heavy atom. The lowest BCUT2D eigenvalue weighted by molar-refractivity contribution is 0.0717. The first-order valence-electron chi connectivity index (χ1n) is 10.6. The highest BCUT2D eigenvalue weighted by atomic mass is 32.1. The van der Waals surface area contributed by atoms with E-state index < -0.39 is 5.82 Å². The van der Waals surface area contributed by atoms with Gasteiger partial charge >= 0.3 is 0 Å². The maximum absolute atomic E-state index is 14.2. The van der Waals surface area contributed by atoms with E-state index in [0.29, 0.717) is 32.7 Å². The Bertz CT molecular complexity index is 1070. The zero-order valence-electron chi connectivity index (χ0n) is 19.0. The predicted molar refractivity (Wildman–Crippen MR) is 125 cm³/mol. The van der Waals surface area contributed by atoms with Gasteiger partial charge in [0, 0.05) is 25.6 Å². The minimum Gasteiger partial charge on any atom is -0.486 e. The van der Waals surface area contributed by atoms with Gasteiger partial charge in [-0.2, -0.15) is 0 Å². The fourth-order valence-electron chi connectivity index (χ4n) is 3.43. The first-order valence-corrected chi connectivity index (χ1v) is 11.4. The summed E-state index contributed by atoms with van der Waals surface area (Å²) in [6.07, 6.45) is 0.656. The fraction of sp³-hybridized carbons (Fsp3) is 0.360. The van der Waals surface area contributed by atoms with Crippen LogP contribution in [-0.4, -0.2) is 36.1 Å². The number of nitrogens with zero attached hydrogens (tertiary/aromatic N) is 2. The number of aryl methyl sites for hydroxylation is 2. The molecule has 0 atom stereocenters. The fourth-order valence-corrected chi connectivity index (χ4v) is 4.13. The highest BCUT2D eigenvalue weighted by molar-refractivity contribution is 7.09. The molecular weight excluding hydrogens is 427 g/mol. The third kappa shape index (κ3) is 6.14. The molecule has 0 saturated carbocycles. The Morgan fingerprint density at radius 1 is 1.19 bits per heavy atom. The molecule has 32 heavy (non-hydrogen) atoms. The molecule has 0 aliphatic carbocycles. The monoisotopic (exact) mass is 456 g/mol. The average molecular weight is 457 g/mol. The number of halogens is 1. The SMILES string of the molecule is COCCCN(Cc1csc(COc2cc(C)cc(C)c2C)n1)C(=O)c1ccccc1F. The molecule has 7 heteroatoms. The van der Waals surface area contributed by atoms with Crippen LogP contribution in [0.1, 0.15) is 44.2 Å². The first-order chi connectivity index (χ1) is 15.4. The van der Waals surface area contributed by atoms with Crippen LogP contribution in [0.5, 0.6) is 5.75 Å². The number of aromatic nitrogens is 1. The van der Waals surface area contributed by atoms with Crippen molar-refractivity contribution in [3.8, 4) is 5.75 Å². The smallest absolute Gasteiger partial charge is 0.257 e. The Morgan fingerprint density at radius 3 is 2.72 bits per heavy atom. The zero-order valence-corrected chi connectivity index (χ0v) is 19.8. The van der Waals surface area contributed by atoms with Crippen LogP contribution in [0.15, 0.2) is 41.8 Å². The molecule has 0 radical (unpaired) electrons. The van der Waals surface area contributed by atoms with Crippen LogP contribution >= 0.6 is 11.3 Å². The van der Waals surface area contributed by atoms with Crippen LogP contribution in [0.3, 0.4) is 0 Å². The van der Waals surface area contributed by atoms with E-state index >= 15 is 0 Å². The zero-order chi connectivity index (χ0) is 23.1. The molecule has 0 fully saturated rings. The number of rotatable bonds is 10. The van der Waals surface area contributed by atoms with E-state index in [1.807, 2.05) is 25.3 Å². The molecule has 1 aromatic heterocycles. The van der Waals surface area contributed by atoms with Gasteiger partial charge in [-0.3, -0.25) is 4.79 Å². The Balaban J connectivity index is 1.69. The minimum atomic E-state index is -0.523. The molecule has 0 unspecified atom stereocenters. The van der Waals surface area contributed by atoms with Crippen LogP contribution < -0.4 is 4.74 Å². The van der Waals surface area contributed by atoms with Gasteiger partial charge in [-0.15, -0.1) is 11.3 Å². The summed E-state index contributed by atoms with van der Waals surface area (Å²) in [6, 6.07) is 10.2. The highest BCUT2D eigenvalue weighted by Crippen LogP contribution is 2.25. The van der Waals surface area contributed by atoms with E-state index in [9.17, 15) is 9.18 Å². The molecule has 0 aliphatic rings. The third-order valence-corrected chi connectivity index (χ3v) is 6.11. The molecule has 0 bridgehead atoms. The largest absolute Gasteiger partial charge is 0.486 e. The van der Waals surface area contributed by atoms with Crippen LogP contribution in [0.25, 0.3) is 0 Å². The number of benzene rings is 2. The van der Waals surface area contributed by atoms with Gasteiger partial charge in [-0.25, -0.2) is 9.37 Å². The summed E-state index contributed by atoms with van der Waals surface area (Å²) in [5, 5.41) is 2.75. The van der Waals surface area contributed by atoms with Gasteiger partial charge in [0.2, 0.25) is 0 Å². The maximum Gasteiger partial charge on any atom is 0.257 e. The maximum atomic E-state index is 14.2. The molecule has 1 amide bonds. The number of carbonyl (C=O) groups excluding carboxylic acids is 1. The van der Waals surface area contributed by atoms with Crippen molar-refractivity contribution in [2.45, 2.75) is 40.3 Å². The van der Waals surface area contributed by atoms with Gasteiger partial charge in [0.15, 0.2) is 0 Å². The van der Waals surface area contributed by atoms with Gasteiger partial charge in [0.1, 0.15) is 23.2 Å². The summed E-state index contributed by atoms with van der Waals surface area (Å²) < 4.78 is 25.3. The number of amides is 1. The second-order valence-electron chi connectivity index (χ2n) is 7.78. The Kier molecular flexibility index (Phi) is 8.36. The van der Waals surface area contributed by atoms with Gasteiger partial charge in [-0.05, 0) is 62.1 Å². The summed E-state index contributed by atoms with van der Waals surface area (Å²) in [4.78, 5) is 19.2. The number of hydrogen-bond acceptors (Lipinski definition) is 5. The molecule has 0 aliphatic heterocycles. The molecular formula is C25H29FN2O3S. The van der Waals surface area contributed by atoms with Crippen LogP contribution in [0.4, 0.5) is 4.39 Å². The van der Waals surface area contributed by atoms with E-state index in [2.05, 4.69) is 18.0 Å². The summed E-state index contributed by atoms with van der Waals surface area (Å²) >= 11 is 1.49. The number of carbonyl (C=O) groups is 1. The minimum absolute atomic E-state index is 0.0639.